The van der Waals surface area contributed by atoms with Crippen LogP contribution in [-0.4, -0.2) is 24.5 Å². The largest absolute Gasteiger partial charge is 0.497 e. The average Bonchev–Trinajstić information content (AvgIpc) is 2.79. The molecule has 4 rings (SSSR count). The number of carbonyl (C=O) groups is 1. The van der Waals surface area contributed by atoms with Crippen LogP contribution in [0.25, 0.3) is 0 Å². The highest BCUT2D eigenvalue weighted by atomic mass is 16.5. The quantitative estimate of drug-likeness (QED) is 0.643. The molecule has 4 heteroatoms. The van der Waals surface area contributed by atoms with Gasteiger partial charge in [-0.05, 0) is 48.2 Å². The van der Waals surface area contributed by atoms with Crippen molar-refractivity contribution in [2.24, 2.45) is 0 Å². The molecule has 1 N–H and O–H groups in total. The smallest absolute Gasteiger partial charge is 0.258 e. The van der Waals surface area contributed by atoms with Gasteiger partial charge in [-0.2, -0.15) is 0 Å². The normalized spacial score (nSPS) is 18.1. The topological polar surface area (TPSA) is 41.6 Å². The summed E-state index contributed by atoms with van der Waals surface area (Å²) in [4.78, 5) is 15.6. The van der Waals surface area contributed by atoms with Gasteiger partial charge in [0, 0.05) is 12.2 Å². The Hall–Kier alpha value is -3.27. The lowest BCUT2D eigenvalue weighted by molar-refractivity contribution is 0.0487. The van der Waals surface area contributed by atoms with E-state index >= 15 is 0 Å². The summed E-state index contributed by atoms with van der Waals surface area (Å²) in [6, 6.07) is 26.1. The highest BCUT2D eigenvalue weighted by molar-refractivity contribution is 6.02. The van der Waals surface area contributed by atoms with Gasteiger partial charge in [-0.25, -0.2) is 0 Å². The van der Waals surface area contributed by atoms with Crippen molar-refractivity contribution >= 4 is 11.6 Å². The van der Waals surface area contributed by atoms with Gasteiger partial charge in [-0.15, -0.1) is 0 Å². The molecule has 1 atom stereocenters. The SMILES string of the molecule is CCC1(c2ccc(OC)cc2)Nc2ccccc2C(=O)N1CCc1ccccc1. The molecule has 4 nitrogen and oxygen atoms in total. The second-order valence-corrected chi connectivity index (χ2v) is 7.31. The highest BCUT2D eigenvalue weighted by Crippen LogP contribution is 2.40. The average molecular weight is 386 g/mol. The zero-order valence-corrected chi connectivity index (χ0v) is 16.9. The maximum absolute atomic E-state index is 13.6. The number of methoxy groups -OCH3 is 1. The molecule has 29 heavy (non-hydrogen) atoms. The van der Waals surface area contributed by atoms with Crippen molar-refractivity contribution in [2.45, 2.75) is 25.4 Å². The Morgan fingerprint density at radius 2 is 1.62 bits per heavy atom. The van der Waals surface area contributed by atoms with E-state index in [9.17, 15) is 4.79 Å². The Bertz CT molecular complexity index is 985. The molecule has 0 bridgehead atoms. The summed E-state index contributed by atoms with van der Waals surface area (Å²) >= 11 is 0. The molecule has 1 unspecified atom stereocenters. The summed E-state index contributed by atoms with van der Waals surface area (Å²) in [5.74, 6) is 0.867. The maximum atomic E-state index is 13.6. The zero-order valence-electron chi connectivity index (χ0n) is 16.9. The minimum absolute atomic E-state index is 0.0629. The van der Waals surface area contributed by atoms with Crippen LogP contribution in [0.3, 0.4) is 0 Å². The van der Waals surface area contributed by atoms with Gasteiger partial charge in [0.25, 0.3) is 5.91 Å². The second-order valence-electron chi connectivity index (χ2n) is 7.31. The molecule has 3 aromatic rings. The second kappa shape index (κ2) is 8.00. The van der Waals surface area contributed by atoms with Crippen LogP contribution in [0.15, 0.2) is 78.9 Å². The summed E-state index contributed by atoms with van der Waals surface area (Å²) < 4.78 is 5.33. The molecule has 1 amide bonds. The van der Waals surface area contributed by atoms with Gasteiger partial charge >= 0.3 is 0 Å². The third kappa shape index (κ3) is 3.46. The predicted molar refractivity (Wildman–Crippen MR) is 116 cm³/mol. The number of hydrogen-bond donors (Lipinski definition) is 1. The van der Waals surface area contributed by atoms with E-state index in [0.29, 0.717) is 6.54 Å². The van der Waals surface area contributed by atoms with E-state index in [1.165, 1.54) is 5.56 Å². The number of ether oxygens (including phenoxy) is 1. The lowest BCUT2D eigenvalue weighted by Gasteiger charge is -2.48. The van der Waals surface area contributed by atoms with Crippen LogP contribution < -0.4 is 10.1 Å². The van der Waals surface area contributed by atoms with Gasteiger partial charge in [-0.1, -0.05) is 61.5 Å². The Morgan fingerprint density at radius 1 is 0.931 bits per heavy atom. The summed E-state index contributed by atoms with van der Waals surface area (Å²) in [7, 11) is 1.66. The van der Waals surface area contributed by atoms with Gasteiger partial charge in [0.2, 0.25) is 0 Å². The standard InChI is InChI=1S/C25H26N2O2/c1-3-25(20-13-15-21(29-2)16-14-20)26-23-12-8-7-11-22(23)24(28)27(25)18-17-19-9-5-4-6-10-19/h4-16,26H,3,17-18H2,1-2H3. The van der Waals surface area contributed by atoms with Gasteiger partial charge in [-0.3, -0.25) is 4.79 Å². The van der Waals surface area contributed by atoms with Crippen molar-refractivity contribution in [3.63, 3.8) is 0 Å². The van der Waals surface area contributed by atoms with Crippen LogP contribution in [0.5, 0.6) is 5.75 Å². The summed E-state index contributed by atoms with van der Waals surface area (Å²) in [5, 5.41) is 3.69. The van der Waals surface area contributed by atoms with Gasteiger partial charge in [0.15, 0.2) is 0 Å². The third-order valence-electron chi connectivity index (χ3n) is 5.75. The Balaban J connectivity index is 1.76. The van der Waals surface area contributed by atoms with Crippen molar-refractivity contribution in [1.82, 2.24) is 4.90 Å². The van der Waals surface area contributed by atoms with Gasteiger partial charge in [0.05, 0.1) is 12.7 Å². The molecule has 0 radical (unpaired) electrons. The summed E-state index contributed by atoms with van der Waals surface area (Å²) in [6.07, 6.45) is 1.54. The molecule has 0 aliphatic carbocycles. The van der Waals surface area contributed by atoms with Gasteiger partial charge in [0.1, 0.15) is 11.4 Å². The number of hydrogen-bond acceptors (Lipinski definition) is 3. The first-order valence-corrected chi connectivity index (χ1v) is 10.1. The van der Waals surface area contributed by atoms with Crippen LogP contribution in [0.4, 0.5) is 5.69 Å². The fourth-order valence-corrected chi connectivity index (χ4v) is 4.14. The maximum Gasteiger partial charge on any atom is 0.258 e. The first-order chi connectivity index (χ1) is 14.2. The number of nitrogens with one attached hydrogen (secondary N) is 1. The van der Waals surface area contributed by atoms with E-state index < -0.39 is 5.66 Å². The molecule has 0 aromatic heterocycles. The lowest BCUT2D eigenvalue weighted by atomic mass is 9.89. The van der Waals surface area contributed by atoms with E-state index in [0.717, 1.165) is 35.4 Å². The number of rotatable bonds is 6. The van der Waals surface area contributed by atoms with Crippen LogP contribution in [0.1, 0.15) is 34.8 Å². The first kappa shape index (κ1) is 19.1. The number of nitrogens with zero attached hydrogens (tertiary/aromatic N) is 1. The lowest BCUT2D eigenvalue weighted by Crippen LogP contribution is -2.57. The third-order valence-corrected chi connectivity index (χ3v) is 5.75. The molecule has 1 heterocycles. The number of amides is 1. The Morgan fingerprint density at radius 3 is 2.31 bits per heavy atom. The first-order valence-electron chi connectivity index (χ1n) is 10.1. The molecular formula is C25H26N2O2. The summed E-state index contributed by atoms with van der Waals surface area (Å²) in [6.45, 7) is 2.75. The zero-order chi connectivity index (χ0) is 20.3. The van der Waals surface area contributed by atoms with Crippen molar-refractivity contribution in [1.29, 1.82) is 0 Å². The van der Waals surface area contributed by atoms with E-state index in [4.69, 9.17) is 4.74 Å². The monoisotopic (exact) mass is 386 g/mol. The van der Waals surface area contributed by atoms with E-state index in [-0.39, 0.29) is 5.91 Å². The molecule has 1 aliphatic rings. The fraction of sp³-hybridized carbons (Fsp3) is 0.240. The number of benzene rings is 3. The van der Waals surface area contributed by atoms with Crippen LogP contribution in [0.2, 0.25) is 0 Å². The van der Waals surface area contributed by atoms with Crippen LogP contribution in [0, 0.1) is 0 Å². The van der Waals surface area contributed by atoms with Crippen molar-refractivity contribution in [2.75, 3.05) is 19.0 Å². The minimum atomic E-state index is -0.605. The van der Waals surface area contributed by atoms with E-state index in [1.807, 2.05) is 71.6 Å². The molecule has 0 fully saturated rings. The Kier molecular flexibility index (Phi) is 5.26. The van der Waals surface area contributed by atoms with Crippen molar-refractivity contribution in [3.05, 3.63) is 95.6 Å². The minimum Gasteiger partial charge on any atom is -0.497 e. The summed E-state index contributed by atoms with van der Waals surface area (Å²) in [5.41, 5.74) is 3.27. The molecule has 1 aliphatic heterocycles. The highest BCUT2D eigenvalue weighted by Gasteiger charge is 2.44. The molecule has 3 aromatic carbocycles. The van der Waals surface area contributed by atoms with Crippen LogP contribution >= 0.6 is 0 Å². The molecule has 0 spiro atoms. The van der Waals surface area contributed by atoms with Crippen molar-refractivity contribution < 1.29 is 9.53 Å². The van der Waals surface area contributed by atoms with E-state index in [2.05, 4.69) is 24.4 Å². The Labute approximate surface area is 172 Å². The predicted octanol–water partition coefficient (Wildman–Crippen LogP) is 5.07. The molecule has 148 valence electrons. The fourth-order valence-electron chi connectivity index (χ4n) is 4.14. The van der Waals surface area contributed by atoms with E-state index in [1.54, 1.807) is 7.11 Å². The molecule has 0 saturated heterocycles. The molecule has 0 saturated carbocycles. The van der Waals surface area contributed by atoms with Crippen LogP contribution in [-0.2, 0) is 12.1 Å². The number of para-hydroxylation sites is 1. The number of carbonyl (C=O) groups excluding carboxylic acids is 1. The number of fused-ring (bicyclic) bond motifs is 1. The number of anilines is 1. The van der Waals surface area contributed by atoms with Gasteiger partial charge < -0.3 is 15.0 Å². The molecular weight excluding hydrogens is 360 g/mol. The van der Waals surface area contributed by atoms with Crippen molar-refractivity contribution in [3.8, 4) is 5.75 Å².